The largest absolute Gasteiger partial charge is 0.375 e. The third-order valence-electron chi connectivity index (χ3n) is 6.20. The third-order valence-corrected chi connectivity index (χ3v) is 6.20. The van der Waals surface area contributed by atoms with Crippen LogP contribution in [-0.4, -0.2) is 86.8 Å². The van der Waals surface area contributed by atoms with E-state index >= 15 is 0 Å². The summed E-state index contributed by atoms with van der Waals surface area (Å²) in [6.45, 7) is 9.20. The molecule has 4 aliphatic heterocycles. The van der Waals surface area contributed by atoms with E-state index in [1.807, 2.05) is 0 Å². The number of hydrogen-bond donors (Lipinski definition) is 2. The first-order valence-corrected chi connectivity index (χ1v) is 10.1. The van der Waals surface area contributed by atoms with Crippen LogP contribution in [0.5, 0.6) is 0 Å². The molecule has 138 valence electrons. The van der Waals surface area contributed by atoms with E-state index in [1.165, 1.54) is 32.1 Å². The Hall–Kier alpha value is -0.240. The second-order valence-electron chi connectivity index (χ2n) is 7.66. The monoisotopic (exact) mass is 338 g/mol. The van der Waals surface area contributed by atoms with Gasteiger partial charge in [0.1, 0.15) is 11.9 Å². The summed E-state index contributed by atoms with van der Waals surface area (Å²) in [6.07, 6.45) is 7.91. The van der Waals surface area contributed by atoms with E-state index in [-0.39, 0.29) is 18.0 Å². The predicted molar refractivity (Wildman–Crippen MR) is 93.9 cm³/mol. The fraction of sp³-hybridized carbons (Fsp3) is 1.00. The van der Waals surface area contributed by atoms with E-state index in [2.05, 4.69) is 20.4 Å². The molecular weight excluding hydrogens is 304 g/mol. The number of likely N-dealkylation sites (tertiary alicyclic amines) is 1. The quantitative estimate of drug-likeness (QED) is 0.785. The van der Waals surface area contributed by atoms with Crippen molar-refractivity contribution >= 4 is 0 Å². The Labute approximate surface area is 146 Å². The lowest BCUT2D eigenvalue weighted by Crippen LogP contribution is -2.80. The second kappa shape index (κ2) is 7.98. The lowest BCUT2D eigenvalue weighted by molar-refractivity contribution is -0.241. The van der Waals surface area contributed by atoms with Gasteiger partial charge in [0, 0.05) is 52.4 Å². The molecule has 0 radical (unpaired) electrons. The molecule has 0 spiro atoms. The molecule has 4 saturated heterocycles. The minimum Gasteiger partial charge on any atom is -0.375 e. The summed E-state index contributed by atoms with van der Waals surface area (Å²) >= 11 is 0. The maximum atomic E-state index is 6.46. The SMILES string of the molecule is C1CCN(C2OCCNC2(C2CCCCO2)N2CCNCC2)CC1. The van der Waals surface area contributed by atoms with Gasteiger partial charge >= 0.3 is 0 Å². The van der Waals surface area contributed by atoms with Gasteiger partial charge < -0.3 is 14.8 Å². The molecular formula is C18H34N4O2. The normalized spacial score (nSPS) is 40.5. The molecule has 4 heterocycles. The summed E-state index contributed by atoms with van der Waals surface area (Å²) in [4.78, 5) is 5.23. The van der Waals surface area contributed by atoms with Crippen LogP contribution in [0.2, 0.25) is 0 Å². The van der Waals surface area contributed by atoms with Crippen LogP contribution in [0.4, 0.5) is 0 Å². The van der Waals surface area contributed by atoms with Gasteiger partial charge in [-0.25, -0.2) is 0 Å². The van der Waals surface area contributed by atoms with Gasteiger partial charge in [0.15, 0.2) is 0 Å². The molecule has 6 heteroatoms. The number of ether oxygens (including phenoxy) is 2. The van der Waals surface area contributed by atoms with Gasteiger partial charge in [-0.05, 0) is 32.1 Å². The van der Waals surface area contributed by atoms with Crippen molar-refractivity contribution in [1.82, 2.24) is 20.4 Å². The van der Waals surface area contributed by atoms with Crippen molar-refractivity contribution in [3.63, 3.8) is 0 Å². The van der Waals surface area contributed by atoms with Crippen molar-refractivity contribution in [2.75, 3.05) is 59.0 Å². The van der Waals surface area contributed by atoms with E-state index in [9.17, 15) is 0 Å². The highest BCUT2D eigenvalue weighted by Crippen LogP contribution is 2.36. The van der Waals surface area contributed by atoms with E-state index < -0.39 is 0 Å². The molecule has 24 heavy (non-hydrogen) atoms. The molecule has 3 unspecified atom stereocenters. The molecule has 0 aliphatic carbocycles. The standard InChI is InChI=1S/C18H34N4O2/c1-3-10-21(11-4-1)17-18(20-9-15-24-17,16-6-2-5-14-23-16)22-12-7-19-8-13-22/h16-17,19-20H,1-15H2. The van der Waals surface area contributed by atoms with Crippen LogP contribution in [0.25, 0.3) is 0 Å². The number of piperazine rings is 1. The molecule has 0 amide bonds. The molecule has 2 N–H and O–H groups in total. The lowest BCUT2D eigenvalue weighted by atomic mass is 9.89. The first-order chi connectivity index (χ1) is 11.9. The van der Waals surface area contributed by atoms with Crippen LogP contribution in [0.3, 0.4) is 0 Å². The number of morpholine rings is 1. The summed E-state index contributed by atoms with van der Waals surface area (Å²) in [5.74, 6) is 0. The van der Waals surface area contributed by atoms with Gasteiger partial charge in [0.25, 0.3) is 0 Å². The molecule has 0 saturated carbocycles. The average molecular weight is 338 g/mol. The Morgan fingerprint density at radius 1 is 0.792 bits per heavy atom. The highest BCUT2D eigenvalue weighted by atomic mass is 16.5. The molecule has 0 aromatic rings. The number of nitrogens with one attached hydrogen (secondary N) is 2. The molecule has 4 aliphatic rings. The zero-order chi connectivity index (χ0) is 16.2. The number of nitrogens with zero attached hydrogens (tertiary/aromatic N) is 2. The molecule has 0 aromatic heterocycles. The van der Waals surface area contributed by atoms with Crippen molar-refractivity contribution in [3.8, 4) is 0 Å². The molecule has 4 rings (SSSR count). The Kier molecular flexibility index (Phi) is 5.71. The van der Waals surface area contributed by atoms with Crippen LogP contribution < -0.4 is 10.6 Å². The fourth-order valence-electron chi connectivity index (χ4n) is 5.04. The van der Waals surface area contributed by atoms with Crippen LogP contribution in [0.15, 0.2) is 0 Å². The lowest BCUT2D eigenvalue weighted by Gasteiger charge is -2.58. The third kappa shape index (κ3) is 3.24. The van der Waals surface area contributed by atoms with E-state index in [0.717, 1.165) is 65.4 Å². The van der Waals surface area contributed by atoms with E-state index in [4.69, 9.17) is 9.47 Å². The van der Waals surface area contributed by atoms with Gasteiger partial charge in [-0.2, -0.15) is 0 Å². The number of piperidine rings is 1. The van der Waals surface area contributed by atoms with Crippen molar-refractivity contribution in [3.05, 3.63) is 0 Å². The van der Waals surface area contributed by atoms with Gasteiger partial charge in [-0.1, -0.05) is 6.42 Å². The summed E-state index contributed by atoms with van der Waals surface area (Å²) in [5.41, 5.74) is -0.182. The van der Waals surface area contributed by atoms with E-state index in [0.29, 0.717) is 0 Å². The first kappa shape index (κ1) is 17.2. The van der Waals surface area contributed by atoms with Crippen LogP contribution in [-0.2, 0) is 9.47 Å². The van der Waals surface area contributed by atoms with Gasteiger partial charge in [0.05, 0.1) is 12.7 Å². The van der Waals surface area contributed by atoms with Gasteiger partial charge in [0.2, 0.25) is 0 Å². The van der Waals surface area contributed by atoms with Gasteiger partial charge in [-0.15, -0.1) is 0 Å². The Morgan fingerprint density at radius 2 is 1.62 bits per heavy atom. The maximum absolute atomic E-state index is 6.46. The van der Waals surface area contributed by atoms with Crippen molar-refractivity contribution in [2.24, 2.45) is 0 Å². The molecule has 4 fully saturated rings. The van der Waals surface area contributed by atoms with Crippen molar-refractivity contribution in [1.29, 1.82) is 0 Å². The molecule has 3 atom stereocenters. The van der Waals surface area contributed by atoms with Crippen LogP contribution >= 0.6 is 0 Å². The highest BCUT2D eigenvalue weighted by Gasteiger charge is 2.55. The predicted octanol–water partition coefficient (Wildman–Crippen LogP) is 0.589. The first-order valence-electron chi connectivity index (χ1n) is 10.1. The molecule has 6 nitrogen and oxygen atoms in total. The van der Waals surface area contributed by atoms with E-state index in [1.54, 1.807) is 0 Å². The summed E-state index contributed by atoms with van der Waals surface area (Å²) in [5, 5.41) is 7.43. The smallest absolute Gasteiger partial charge is 0.145 e. The minimum atomic E-state index is -0.182. The maximum Gasteiger partial charge on any atom is 0.145 e. The summed E-state index contributed by atoms with van der Waals surface area (Å²) < 4.78 is 12.8. The zero-order valence-electron chi connectivity index (χ0n) is 15.0. The summed E-state index contributed by atoms with van der Waals surface area (Å²) in [6, 6.07) is 0. The minimum absolute atomic E-state index is 0.118. The summed E-state index contributed by atoms with van der Waals surface area (Å²) in [7, 11) is 0. The topological polar surface area (TPSA) is 49.0 Å². The van der Waals surface area contributed by atoms with Crippen molar-refractivity contribution in [2.45, 2.75) is 56.5 Å². The van der Waals surface area contributed by atoms with Gasteiger partial charge in [-0.3, -0.25) is 15.1 Å². The number of hydrogen-bond acceptors (Lipinski definition) is 6. The Balaban J connectivity index is 1.64. The van der Waals surface area contributed by atoms with Crippen LogP contribution in [0, 0.1) is 0 Å². The second-order valence-corrected chi connectivity index (χ2v) is 7.66. The number of rotatable bonds is 3. The van der Waals surface area contributed by atoms with Crippen molar-refractivity contribution < 1.29 is 9.47 Å². The Bertz CT molecular complexity index is 372. The zero-order valence-corrected chi connectivity index (χ0v) is 15.0. The molecule has 0 aromatic carbocycles. The average Bonchev–Trinajstić information content (AvgIpc) is 2.70. The van der Waals surface area contributed by atoms with Crippen LogP contribution in [0.1, 0.15) is 38.5 Å². The highest BCUT2D eigenvalue weighted by molar-refractivity contribution is 5.05. The Morgan fingerprint density at radius 3 is 2.38 bits per heavy atom. The molecule has 0 bridgehead atoms. The fourth-order valence-corrected chi connectivity index (χ4v) is 5.04.